The molecule has 2 aliphatic rings. The number of nitrogens with one attached hydrogen (secondary N) is 1. The van der Waals surface area contributed by atoms with Gasteiger partial charge in [-0.25, -0.2) is 4.39 Å². The van der Waals surface area contributed by atoms with Gasteiger partial charge in [-0.1, -0.05) is 18.2 Å². The second-order valence-electron chi connectivity index (χ2n) is 7.29. The Balaban J connectivity index is 1.47. The maximum absolute atomic E-state index is 13.9. The molecule has 1 heterocycles. The van der Waals surface area contributed by atoms with E-state index in [-0.39, 0.29) is 35.5 Å². The van der Waals surface area contributed by atoms with Gasteiger partial charge < -0.3 is 10.2 Å². The highest BCUT2D eigenvalue weighted by atomic mass is 19.1. The maximum Gasteiger partial charge on any atom is 0.234 e. The molecule has 2 fully saturated rings. The third-order valence-corrected chi connectivity index (χ3v) is 4.91. The van der Waals surface area contributed by atoms with E-state index in [1.165, 1.54) is 6.07 Å². The predicted octanol–water partition coefficient (Wildman–Crippen LogP) is 1.60. The molecule has 3 rings (SSSR count). The summed E-state index contributed by atoms with van der Waals surface area (Å²) in [4.78, 5) is 28.4. The number of nitrogens with zero attached hydrogens (tertiary/aromatic N) is 2. The molecule has 2 atom stereocenters. The van der Waals surface area contributed by atoms with E-state index in [4.69, 9.17) is 0 Å². The summed E-state index contributed by atoms with van der Waals surface area (Å²) in [6.07, 6.45) is 0.733. The van der Waals surface area contributed by atoms with Crippen LogP contribution in [-0.4, -0.2) is 60.4 Å². The fraction of sp³-hybridized carbons (Fsp3) is 0.579. The van der Waals surface area contributed by atoms with E-state index in [1.807, 2.05) is 24.8 Å². The Morgan fingerprint density at radius 2 is 1.88 bits per heavy atom. The third kappa shape index (κ3) is 4.37. The van der Waals surface area contributed by atoms with Crippen LogP contribution in [-0.2, 0) is 9.59 Å². The monoisotopic (exact) mass is 347 g/mol. The predicted molar refractivity (Wildman–Crippen MR) is 93.5 cm³/mol. The maximum atomic E-state index is 13.9. The number of hydrogen-bond donors (Lipinski definition) is 1. The molecule has 2 unspecified atom stereocenters. The molecule has 0 radical (unpaired) electrons. The Hall–Kier alpha value is -1.95. The number of halogens is 1. The summed E-state index contributed by atoms with van der Waals surface area (Å²) in [5, 5.41) is 2.88. The molecule has 1 saturated heterocycles. The minimum Gasteiger partial charge on any atom is -0.353 e. The number of rotatable bonds is 5. The van der Waals surface area contributed by atoms with E-state index >= 15 is 0 Å². The zero-order valence-electron chi connectivity index (χ0n) is 14.9. The normalized spacial score (nSPS) is 23.6. The fourth-order valence-corrected chi connectivity index (χ4v) is 3.52. The molecule has 1 aromatic rings. The molecule has 1 N–H and O–H groups in total. The van der Waals surface area contributed by atoms with Gasteiger partial charge in [-0.3, -0.25) is 14.5 Å². The van der Waals surface area contributed by atoms with E-state index in [2.05, 4.69) is 10.2 Å². The van der Waals surface area contributed by atoms with E-state index in [0.29, 0.717) is 38.3 Å². The van der Waals surface area contributed by atoms with E-state index in [9.17, 15) is 14.0 Å². The van der Waals surface area contributed by atoms with E-state index < -0.39 is 0 Å². The lowest BCUT2D eigenvalue weighted by Gasteiger charge is -2.34. The van der Waals surface area contributed by atoms with Crippen molar-refractivity contribution >= 4 is 11.8 Å². The van der Waals surface area contributed by atoms with Crippen LogP contribution < -0.4 is 5.32 Å². The van der Waals surface area contributed by atoms with Gasteiger partial charge in [0.1, 0.15) is 5.82 Å². The highest BCUT2D eigenvalue weighted by Gasteiger charge is 2.47. The second-order valence-corrected chi connectivity index (χ2v) is 7.29. The zero-order valence-corrected chi connectivity index (χ0v) is 14.9. The number of amides is 2. The van der Waals surface area contributed by atoms with Crippen LogP contribution in [0.3, 0.4) is 0 Å². The molecule has 1 aliphatic heterocycles. The van der Waals surface area contributed by atoms with Crippen LogP contribution in [0.5, 0.6) is 0 Å². The van der Waals surface area contributed by atoms with Crippen LogP contribution in [0.4, 0.5) is 4.39 Å². The average Bonchev–Trinajstić information content (AvgIpc) is 3.35. The molecular formula is C19H26FN3O2. The Labute approximate surface area is 148 Å². The van der Waals surface area contributed by atoms with Crippen molar-refractivity contribution in [3.05, 3.63) is 35.6 Å². The molecule has 2 amide bonds. The minimum absolute atomic E-state index is 0.0172. The highest BCUT2D eigenvalue weighted by Crippen LogP contribution is 2.49. The standard InChI is InChI=1S/C19H26FN3O2/c1-13(2)21-18(24)12-22-7-9-23(10-8-22)19(25)16-11-15(16)14-5-3-4-6-17(14)20/h3-6,13,15-16H,7-12H2,1-2H3,(H,21,24). The lowest BCUT2D eigenvalue weighted by molar-refractivity contribution is -0.134. The first-order chi connectivity index (χ1) is 12.0. The first kappa shape index (κ1) is 17.9. The van der Waals surface area contributed by atoms with Crippen LogP contribution in [0.25, 0.3) is 0 Å². The molecule has 0 bridgehead atoms. The first-order valence-corrected chi connectivity index (χ1v) is 9.00. The van der Waals surface area contributed by atoms with Gasteiger partial charge in [0, 0.05) is 38.1 Å². The van der Waals surface area contributed by atoms with Gasteiger partial charge in [0.2, 0.25) is 11.8 Å². The van der Waals surface area contributed by atoms with Gasteiger partial charge in [-0.2, -0.15) is 0 Å². The summed E-state index contributed by atoms with van der Waals surface area (Å²) in [7, 11) is 0. The summed E-state index contributed by atoms with van der Waals surface area (Å²) in [6, 6.07) is 6.86. The lowest BCUT2D eigenvalue weighted by atomic mass is 10.1. The highest BCUT2D eigenvalue weighted by molar-refractivity contribution is 5.83. The molecule has 1 aliphatic carbocycles. The number of piperazine rings is 1. The molecule has 0 spiro atoms. The van der Waals surface area contributed by atoms with Crippen molar-refractivity contribution < 1.29 is 14.0 Å². The van der Waals surface area contributed by atoms with Crippen molar-refractivity contribution in [2.45, 2.75) is 32.2 Å². The molecular weight excluding hydrogens is 321 g/mol. The van der Waals surface area contributed by atoms with Crippen molar-refractivity contribution in [1.82, 2.24) is 15.1 Å². The summed E-state index contributed by atoms with van der Waals surface area (Å²) in [5.41, 5.74) is 0.657. The Bertz CT molecular complexity index is 641. The summed E-state index contributed by atoms with van der Waals surface area (Å²) < 4.78 is 13.9. The summed E-state index contributed by atoms with van der Waals surface area (Å²) >= 11 is 0. The molecule has 1 saturated carbocycles. The smallest absolute Gasteiger partial charge is 0.234 e. The number of benzene rings is 1. The molecule has 1 aromatic carbocycles. The van der Waals surface area contributed by atoms with E-state index in [1.54, 1.807) is 12.1 Å². The summed E-state index contributed by atoms with van der Waals surface area (Å²) in [6.45, 7) is 6.93. The van der Waals surface area contributed by atoms with Crippen molar-refractivity contribution in [1.29, 1.82) is 0 Å². The number of carbonyl (C=O) groups is 2. The van der Waals surface area contributed by atoms with Crippen LogP contribution in [0, 0.1) is 11.7 Å². The van der Waals surface area contributed by atoms with Crippen molar-refractivity contribution in [3.63, 3.8) is 0 Å². The van der Waals surface area contributed by atoms with Gasteiger partial charge in [-0.05, 0) is 37.8 Å². The van der Waals surface area contributed by atoms with Gasteiger partial charge in [0.25, 0.3) is 0 Å². The van der Waals surface area contributed by atoms with Gasteiger partial charge in [0.05, 0.1) is 6.54 Å². The SMILES string of the molecule is CC(C)NC(=O)CN1CCN(C(=O)C2CC2c2ccccc2F)CC1. The quantitative estimate of drug-likeness (QED) is 0.880. The third-order valence-electron chi connectivity index (χ3n) is 4.91. The topological polar surface area (TPSA) is 52.7 Å². The fourth-order valence-electron chi connectivity index (χ4n) is 3.52. The van der Waals surface area contributed by atoms with Gasteiger partial charge in [0.15, 0.2) is 0 Å². The van der Waals surface area contributed by atoms with Crippen LogP contribution in [0.2, 0.25) is 0 Å². The first-order valence-electron chi connectivity index (χ1n) is 9.00. The van der Waals surface area contributed by atoms with E-state index in [0.717, 1.165) is 6.42 Å². The molecule has 0 aromatic heterocycles. The Morgan fingerprint density at radius 1 is 1.20 bits per heavy atom. The number of carbonyl (C=O) groups excluding carboxylic acids is 2. The Morgan fingerprint density at radius 3 is 2.52 bits per heavy atom. The number of hydrogen-bond acceptors (Lipinski definition) is 3. The average molecular weight is 347 g/mol. The van der Waals surface area contributed by atoms with Gasteiger partial charge in [-0.15, -0.1) is 0 Å². The molecule has 6 heteroatoms. The summed E-state index contributed by atoms with van der Waals surface area (Å²) in [5.74, 6) is -0.142. The van der Waals surface area contributed by atoms with Crippen LogP contribution in [0.1, 0.15) is 31.7 Å². The Kier molecular flexibility index (Phi) is 5.37. The molecule has 5 nitrogen and oxygen atoms in total. The zero-order chi connectivity index (χ0) is 18.0. The minimum atomic E-state index is -0.219. The lowest BCUT2D eigenvalue weighted by Crippen LogP contribution is -2.52. The van der Waals surface area contributed by atoms with Crippen molar-refractivity contribution in [2.75, 3.05) is 32.7 Å². The van der Waals surface area contributed by atoms with Gasteiger partial charge >= 0.3 is 0 Å². The molecule has 25 heavy (non-hydrogen) atoms. The second kappa shape index (κ2) is 7.52. The van der Waals surface area contributed by atoms with Crippen LogP contribution >= 0.6 is 0 Å². The van der Waals surface area contributed by atoms with Crippen LogP contribution in [0.15, 0.2) is 24.3 Å². The molecule has 136 valence electrons. The van der Waals surface area contributed by atoms with Crippen molar-refractivity contribution in [2.24, 2.45) is 5.92 Å². The van der Waals surface area contributed by atoms with Crippen molar-refractivity contribution in [3.8, 4) is 0 Å². The largest absolute Gasteiger partial charge is 0.353 e.